The molecule has 0 unspecified atom stereocenters. The number of amides is 1. The van der Waals surface area contributed by atoms with Gasteiger partial charge in [-0.15, -0.1) is 0 Å². The normalized spacial score (nSPS) is 14.9. The number of benzene rings is 3. The van der Waals surface area contributed by atoms with Gasteiger partial charge in [-0.25, -0.2) is 8.42 Å². The first-order chi connectivity index (χ1) is 17.7. The lowest BCUT2D eigenvalue weighted by molar-refractivity contribution is -0.133. The first-order valence-corrected chi connectivity index (χ1v) is 14.0. The van der Waals surface area contributed by atoms with E-state index in [1.54, 1.807) is 23.1 Å². The van der Waals surface area contributed by atoms with Crippen molar-refractivity contribution >= 4 is 33.2 Å². The van der Waals surface area contributed by atoms with Crippen molar-refractivity contribution in [3.05, 3.63) is 88.4 Å². The van der Waals surface area contributed by atoms with Crippen molar-refractivity contribution in [3.8, 4) is 5.75 Å². The number of nitrogens with zero attached hydrogens (tertiary/aromatic N) is 2. The maximum Gasteiger partial charge on any atom is 0.244 e. The van der Waals surface area contributed by atoms with Gasteiger partial charge in [-0.1, -0.05) is 54.1 Å². The third-order valence-corrected chi connectivity index (χ3v) is 8.32. The number of hydrogen-bond acceptors (Lipinski definition) is 5. The zero-order valence-corrected chi connectivity index (χ0v) is 22.8. The molecule has 1 aliphatic rings. The highest BCUT2D eigenvalue weighted by molar-refractivity contribution is 7.89. The summed E-state index contributed by atoms with van der Waals surface area (Å²) >= 11 is 6.21. The minimum atomic E-state index is -4.04. The van der Waals surface area contributed by atoms with E-state index in [0.29, 0.717) is 31.2 Å². The molecule has 1 aliphatic heterocycles. The van der Waals surface area contributed by atoms with Crippen molar-refractivity contribution in [2.45, 2.75) is 31.2 Å². The van der Waals surface area contributed by atoms with Crippen molar-refractivity contribution in [1.29, 1.82) is 0 Å². The van der Waals surface area contributed by atoms with Gasteiger partial charge in [0.05, 0.1) is 7.11 Å². The van der Waals surface area contributed by atoms with Crippen LogP contribution in [0.15, 0.2) is 71.6 Å². The fourth-order valence-electron chi connectivity index (χ4n) is 4.59. The van der Waals surface area contributed by atoms with E-state index in [-0.39, 0.29) is 23.0 Å². The summed E-state index contributed by atoms with van der Waals surface area (Å²) in [5.41, 5.74) is 3.81. The number of anilines is 1. The Labute approximate surface area is 224 Å². The molecular formula is C28H32ClN3O4S. The number of rotatable bonds is 8. The standard InChI is InChI=1S/C28H32ClN3O4S/c1-20-9-12-26(36-3)27(17-20)37(34,35)30-24(18-22-7-5-4-6-8-22)28(33)32-15-13-31(14-16-32)25-19-23(29)11-10-21(25)2/h4-12,17,19,24,30H,13-16,18H2,1-3H3/t24-/m0/s1. The summed E-state index contributed by atoms with van der Waals surface area (Å²) in [6, 6.07) is 19.2. The number of aryl methyl sites for hydroxylation is 2. The van der Waals surface area contributed by atoms with Crippen LogP contribution in [0.4, 0.5) is 5.69 Å². The van der Waals surface area contributed by atoms with Gasteiger partial charge in [-0.05, 0) is 61.2 Å². The molecule has 1 amide bonds. The second-order valence-corrected chi connectivity index (χ2v) is 11.4. The van der Waals surface area contributed by atoms with E-state index in [2.05, 4.69) is 9.62 Å². The second kappa shape index (κ2) is 11.5. The van der Waals surface area contributed by atoms with Gasteiger partial charge in [-0.3, -0.25) is 4.79 Å². The number of carbonyl (C=O) groups is 1. The number of nitrogens with one attached hydrogen (secondary N) is 1. The Hall–Kier alpha value is -3.07. The van der Waals surface area contributed by atoms with Crippen LogP contribution in [0.25, 0.3) is 0 Å². The van der Waals surface area contributed by atoms with Crippen molar-refractivity contribution in [1.82, 2.24) is 9.62 Å². The van der Waals surface area contributed by atoms with E-state index in [1.807, 2.05) is 62.4 Å². The van der Waals surface area contributed by atoms with E-state index in [4.69, 9.17) is 16.3 Å². The van der Waals surface area contributed by atoms with E-state index < -0.39 is 16.1 Å². The molecule has 0 aliphatic carbocycles. The fraction of sp³-hybridized carbons (Fsp3) is 0.321. The van der Waals surface area contributed by atoms with Gasteiger partial charge in [0.25, 0.3) is 0 Å². The SMILES string of the molecule is COc1ccc(C)cc1S(=O)(=O)N[C@@H](Cc1ccccc1)C(=O)N1CCN(c2cc(Cl)ccc2C)CC1. The molecule has 1 fully saturated rings. The van der Waals surface area contributed by atoms with E-state index in [0.717, 1.165) is 22.4 Å². The smallest absolute Gasteiger partial charge is 0.244 e. The molecule has 3 aromatic carbocycles. The lowest BCUT2D eigenvalue weighted by Crippen LogP contribution is -2.55. The molecule has 7 nitrogen and oxygen atoms in total. The Kier molecular flexibility index (Phi) is 8.42. The van der Waals surface area contributed by atoms with Crippen molar-refractivity contribution in [3.63, 3.8) is 0 Å². The van der Waals surface area contributed by atoms with Crippen LogP contribution in [0.1, 0.15) is 16.7 Å². The van der Waals surface area contributed by atoms with Crippen molar-refractivity contribution in [2.24, 2.45) is 0 Å². The Bertz CT molecular complexity index is 1360. The monoisotopic (exact) mass is 541 g/mol. The third-order valence-electron chi connectivity index (χ3n) is 6.59. The molecule has 0 spiro atoms. The second-order valence-electron chi connectivity index (χ2n) is 9.26. The van der Waals surface area contributed by atoms with Crippen LogP contribution < -0.4 is 14.4 Å². The highest BCUT2D eigenvalue weighted by Gasteiger charge is 2.32. The molecule has 1 saturated heterocycles. The number of carbonyl (C=O) groups excluding carboxylic acids is 1. The highest BCUT2D eigenvalue weighted by Crippen LogP contribution is 2.27. The van der Waals surface area contributed by atoms with Crippen LogP contribution in [0.2, 0.25) is 5.02 Å². The van der Waals surface area contributed by atoms with E-state index >= 15 is 0 Å². The Morgan fingerprint density at radius 1 is 1.00 bits per heavy atom. The van der Waals surface area contributed by atoms with Crippen LogP contribution in [0.5, 0.6) is 5.75 Å². The molecule has 1 heterocycles. The summed E-state index contributed by atoms with van der Waals surface area (Å²) in [4.78, 5) is 17.7. The summed E-state index contributed by atoms with van der Waals surface area (Å²) < 4.78 is 34.9. The molecule has 0 bridgehead atoms. The molecule has 0 saturated carbocycles. The average molecular weight is 542 g/mol. The van der Waals surface area contributed by atoms with Gasteiger partial charge >= 0.3 is 0 Å². The molecule has 196 valence electrons. The quantitative estimate of drug-likeness (QED) is 0.462. The van der Waals surface area contributed by atoms with E-state index in [9.17, 15) is 13.2 Å². The molecule has 4 rings (SSSR count). The Balaban J connectivity index is 1.56. The van der Waals surface area contributed by atoms with Gasteiger partial charge in [-0.2, -0.15) is 4.72 Å². The van der Waals surface area contributed by atoms with Crippen LogP contribution in [0, 0.1) is 13.8 Å². The fourth-order valence-corrected chi connectivity index (χ4v) is 6.19. The van der Waals surface area contributed by atoms with E-state index in [1.165, 1.54) is 7.11 Å². The minimum Gasteiger partial charge on any atom is -0.495 e. The summed E-state index contributed by atoms with van der Waals surface area (Å²) in [6.07, 6.45) is 0.237. The number of hydrogen-bond donors (Lipinski definition) is 1. The predicted molar refractivity (Wildman–Crippen MR) is 147 cm³/mol. The average Bonchev–Trinajstić information content (AvgIpc) is 2.90. The van der Waals surface area contributed by atoms with Crippen LogP contribution >= 0.6 is 11.6 Å². The molecular weight excluding hydrogens is 510 g/mol. The molecule has 0 aromatic heterocycles. The Morgan fingerprint density at radius 3 is 2.38 bits per heavy atom. The predicted octanol–water partition coefficient (Wildman–Crippen LogP) is 4.20. The lowest BCUT2D eigenvalue weighted by Gasteiger charge is -2.38. The Morgan fingerprint density at radius 2 is 1.70 bits per heavy atom. The van der Waals surface area contributed by atoms with Crippen LogP contribution in [-0.2, 0) is 21.2 Å². The molecule has 1 N–H and O–H groups in total. The number of methoxy groups -OCH3 is 1. The maximum absolute atomic E-state index is 13.7. The number of piperazine rings is 1. The maximum atomic E-state index is 13.7. The van der Waals surface area contributed by atoms with Crippen LogP contribution in [0.3, 0.4) is 0 Å². The minimum absolute atomic E-state index is 0.0158. The van der Waals surface area contributed by atoms with Crippen molar-refractivity contribution < 1.29 is 17.9 Å². The third kappa shape index (κ3) is 6.44. The number of halogens is 1. The highest BCUT2D eigenvalue weighted by atomic mass is 35.5. The zero-order valence-electron chi connectivity index (χ0n) is 21.3. The molecule has 0 radical (unpaired) electrons. The van der Waals surface area contributed by atoms with Gasteiger partial charge in [0.1, 0.15) is 16.7 Å². The summed E-state index contributed by atoms with van der Waals surface area (Å²) in [6.45, 7) is 6.06. The van der Waals surface area contributed by atoms with Gasteiger partial charge in [0.15, 0.2) is 0 Å². The molecule has 37 heavy (non-hydrogen) atoms. The van der Waals surface area contributed by atoms with Crippen LogP contribution in [-0.4, -0.2) is 58.6 Å². The topological polar surface area (TPSA) is 78.9 Å². The first-order valence-electron chi connectivity index (χ1n) is 12.2. The number of ether oxygens (including phenoxy) is 1. The van der Waals surface area contributed by atoms with Gasteiger partial charge in [0, 0.05) is 36.9 Å². The first kappa shape index (κ1) is 27.0. The molecule has 9 heteroatoms. The number of sulfonamides is 1. The lowest BCUT2D eigenvalue weighted by atomic mass is 10.1. The summed E-state index contributed by atoms with van der Waals surface area (Å²) in [7, 11) is -2.61. The zero-order chi connectivity index (χ0) is 26.6. The van der Waals surface area contributed by atoms with Gasteiger partial charge < -0.3 is 14.5 Å². The molecule has 1 atom stereocenters. The molecule has 3 aromatic rings. The largest absolute Gasteiger partial charge is 0.495 e. The summed E-state index contributed by atoms with van der Waals surface area (Å²) in [5, 5.41) is 0.669. The summed E-state index contributed by atoms with van der Waals surface area (Å²) in [5.74, 6) is -0.0176. The van der Waals surface area contributed by atoms with Gasteiger partial charge in [0.2, 0.25) is 15.9 Å². The van der Waals surface area contributed by atoms with Crippen molar-refractivity contribution in [2.75, 3.05) is 38.2 Å².